The first-order valence-corrected chi connectivity index (χ1v) is 10.6. The summed E-state index contributed by atoms with van der Waals surface area (Å²) in [5.74, 6) is -0.975. The van der Waals surface area contributed by atoms with Crippen LogP contribution in [0.1, 0.15) is 54.3 Å². The lowest BCUT2D eigenvalue weighted by Gasteiger charge is -2.33. The average molecular weight is 464 g/mol. The third kappa shape index (κ3) is 5.28. The van der Waals surface area contributed by atoms with Crippen LogP contribution < -0.4 is 31.2 Å². The normalized spacial score (nSPS) is 12.1. The highest BCUT2D eigenvalue weighted by Crippen LogP contribution is 2.36. The number of hydrogen-bond acceptors (Lipinski definition) is 8. The van der Waals surface area contributed by atoms with Gasteiger partial charge in [0.15, 0.2) is 5.69 Å². The maximum absolute atomic E-state index is 13.7. The van der Waals surface area contributed by atoms with Crippen molar-refractivity contribution in [1.29, 1.82) is 0 Å². The molecule has 174 valence electrons. The molecule has 2 rings (SSSR count). The summed E-state index contributed by atoms with van der Waals surface area (Å²) in [5.41, 5.74) is 10.8. The Morgan fingerprint density at radius 1 is 1.22 bits per heavy atom. The smallest absolute Gasteiger partial charge is 0.272 e. The van der Waals surface area contributed by atoms with Crippen LogP contribution in [-0.2, 0) is 4.79 Å². The predicted octanol–water partition coefficient (Wildman–Crippen LogP) is 2.18. The summed E-state index contributed by atoms with van der Waals surface area (Å²) >= 11 is 0.745. The number of nitrogens with one attached hydrogen (secondary N) is 1. The topological polar surface area (TPSA) is 150 Å². The molecule has 0 saturated heterocycles. The number of carbonyl (C=O) groups is 3. The van der Waals surface area contributed by atoms with Gasteiger partial charge >= 0.3 is 0 Å². The molecule has 1 aromatic carbocycles. The van der Waals surface area contributed by atoms with E-state index in [1.54, 1.807) is 25.1 Å². The van der Waals surface area contributed by atoms with Gasteiger partial charge in [-0.15, -0.1) is 0 Å². The molecule has 0 bridgehead atoms. The van der Waals surface area contributed by atoms with E-state index >= 15 is 0 Å². The lowest BCUT2D eigenvalue weighted by molar-refractivity contribution is -0.123. The molecule has 0 fully saturated rings. The number of hydrogen-bond donors (Lipinski definition) is 3. The molecule has 0 spiro atoms. The quantitative estimate of drug-likeness (QED) is 0.543. The third-order valence-electron chi connectivity index (χ3n) is 4.52. The minimum atomic E-state index is -0.900. The van der Waals surface area contributed by atoms with Gasteiger partial charge in [-0.2, -0.15) is 4.37 Å². The van der Waals surface area contributed by atoms with Gasteiger partial charge in [0, 0.05) is 11.6 Å². The van der Waals surface area contributed by atoms with Gasteiger partial charge in [-0.3, -0.25) is 19.3 Å². The largest absolute Gasteiger partial charge is 0.497 e. The molecule has 1 aromatic heterocycles. The van der Waals surface area contributed by atoms with E-state index in [0.717, 1.165) is 11.5 Å². The molecule has 3 amide bonds. The molecule has 5 N–H and O–H groups in total. The van der Waals surface area contributed by atoms with Crippen molar-refractivity contribution in [2.24, 2.45) is 5.73 Å². The van der Waals surface area contributed by atoms with Gasteiger partial charge in [0.25, 0.3) is 11.8 Å². The molecule has 0 aliphatic rings. The number of rotatable bonds is 8. The minimum absolute atomic E-state index is 0.00122. The van der Waals surface area contributed by atoms with Crippen LogP contribution in [0.2, 0.25) is 0 Å². The van der Waals surface area contributed by atoms with Crippen molar-refractivity contribution < 1.29 is 23.9 Å². The first-order valence-electron chi connectivity index (χ1n) is 9.87. The van der Waals surface area contributed by atoms with E-state index in [9.17, 15) is 14.4 Å². The zero-order valence-corrected chi connectivity index (χ0v) is 19.8. The standard InChI is InChI=1S/C21H29N5O5S/c1-7-12(19(28)24-21(2,3)4)26(13-9-8-11(30-5)10-14(13)31-6)20(29)17-15(22)16(18(23)27)25-32-17/h8-10,12H,7,22H2,1-6H3,(H2,23,27)(H,24,28)/t12-/m0/s1. The van der Waals surface area contributed by atoms with Crippen molar-refractivity contribution in [2.45, 2.75) is 45.7 Å². The summed E-state index contributed by atoms with van der Waals surface area (Å²) in [6.07, 6.45) is 0.296. The molecule has 1 heterocycles. The Morgan fingerprint density at radius 2 is 1.88 bits per heavy atom. The summed E-state index contributed by atoms with van der Waals surface area (Å²) in [6, 6.07) is 3.98. The number of nitrogen functional groups attached to an aromatic ring is 1. The van der Waals surface area contributed by atoms with Crippen LogP contribution in [0, 0.1) is 0 Å². The number of primary amides is 1. The maximum atomic E-state index is 13.7. The maximum Gasteiger partial charge on any atom is 0.272 e. The molecule has 0 unspecified atom stereocenters. The van der Waals surface area contributed by atoms with Crippen LogP contribution in [0.5, 0.6) is 11.5 Å². The summed E-state index contributed by atoms with van der Waals surface area (Å²) in [6.45, 7) is 7.32. The Balaban J connectivity index is 2.68. The molecule has 0 saturated carbocycles. The molecular weight excluding hydrogens is 434 g/mol. The van der Waals surface area contributed by atoms with E-state index in [4.69, 9.17) is 20.9 Å². The molecule has 1 atom stereocenters. The monoisotopic (exact) mass is 463 g/mol. The van der Waals surface area contributed by atoms with Gasteiger partial charge in [-0.05, 0) is 50.9 Å². The zero-order chi connectivity index (χ0) is 24.2. The first-order chi connectivity index (χ1) is 14.9. The molecule has 2 aromatic rings. The van der Waals surface area contributed by atoms with Gasteiger partial charge in [-0.1, -0.05) is 6.92 Å². The molecule has 11 heteroatoms. The number of ether oxygens (including phenoxy) is 2. The van der Waals surface area contributed by atoms with Crippen LogP contribution in [0.15, 0.2) is 18.2 Å². The number of anilines is 2. The highest BCUT2D eigenvalue weighted by molar-refractivity contribution is 7.09. The highest BCUT2D eigenvalue weighted by Gasteiger charge is 2.36. The van der Waals surface area contributed by atoms with Crippen LogP contribution in [0.25, 0.3) is 0 Å². The number of amides is 3. The molecule has 0 radical (unpaired) electrons. The first kappa shape index (κ1) is 24.9. The lowest BCUT2D eigenvalue weighted by Crippen LogP contribution is -2.54. The number of nitrogens with zero attached hydrogens (tertiary/aromatic N) is 2. The molecule has 10 nitrogen and oxygen atoms in total. The number of aromatic nitrogens is 1. The average Bonchev–Trinajstić information content (AvgIpc) is 3.11. The van der Waals surface area contributed by atoms with E-state index < -0.39 is 23.4 Å². The Kier molecular flexibility index (Phi) is 7.68. The second kappa shape index (κ2) is 9.86. The number of methoxy groups -OCH3 is 2. The number of benzene rings is 1. The van der Waals surface area contributed by atoms with Crippen molar-refractivity contribution in [1.82, 2.24) is 9.69 Å². The van der Waals surface area contributed by atoms with Crippen LogP contribution >= 0.6 is 11.5 Å². The fourth-order valence-electron chi connectivity index (χ4n) is 3.08. The summed E-state index contributed by atoms with van der Waals surface area (Å²) in [7, 11) is 2.95. The zero-order valence-electron chi connectivity index (χ0n) is 19.0. The second-order valence-electron chi connectivity index (χ2n) is 8.01. The number of nitrogens with two attached hydrogens (primary N) is 2. The van der Waals surface area contributed by atoms with Crippen molar-refractivity contribution in [3.05, 3.63) is 28.8 Å². The van der Waals surface area contributed by atoms with E-state index in [2.05, 4.69) is 9.69 Å². The van der Waals surface area contributed by atoms with Gasteiger partial charge in [-0.25, -0.2) is 0 Å². The van der Waals surface area contributed by atoms with E-state index in [-0.39, 0.29) is 22.2 Å². The highest BCUT2D eigenvalue weighted by atomic mass is 32.1. The summed E-state index contributed by atoms with van der Waals surface area (Å²) in [5, 5.41) is 2.91. The van der Waals surface area contributed by atoms with Gasteiger partial charge in [0.05, 0.1) is 25.6 Å². The Hall–Kier alpha value is -3.34. The second-order valence-corrected chi connectivity index (χ2v) is 8.79. The number of carbonyl (C=O) groups excluding carboxylic acids is 3. The Bertz CT molecular complexity index is 1010. The lowest BCUT2D eigenvalue weighted by atomic mass is 10.0. The van der Waals surface area contributed by atoms with Crippen molar-refractivity contribution in [2.75, 3.05) is 24.9 Å². The fourth-order valence-corrected chi connectivity index (χ4v) is 3.82. The fraction of sp³-hybridized carbons (Fsp3) is 0.429. The van der Waals surface area contributed by atoms with Crippen LogP contribution in [-0.4, -0.2) is 47.9 Å². The summed E-state index contributed by atoms with van der Waals surface area (Å²) in [4.78, 5) is 39.8. The van der Waals surface area contributed by atoms with Crippen LogP contribution in [0.4, 0.5) is 11.4 Å². The molecule has 32 heavy (non-hydrogen) atoms. The Labute approximate surface area is 191 Å². The van der Waals surface area contributed by atoms with Crippen molar-refractivity contribution in [3.8, 4) is 11.5 Å². The van der Waals surface area contributed by atoms with Gasteiger partial charge in [0.1, 0.15) is 22.4 Å². The van der Waals surface area contributed by atoms with Crippen molar-refractivity contribution >= 4 is 40.6 Å². The minimum Gasteiger partial charge on any atom is -0.497 e. The van der Waals surface area contributed by atoms with E-state index in [1.165, 1.54) is 19.1 Å². The predicted molar refractivity (Wildman–Crippen MR) is 123 cm³/mol. The third-order valence-corrected chi connectivity index (χ3v) is 5.37. The molecular formula is C21H29N5O5S. The van der Waals surface area contributed by atoms with E-state index in [1.807, 2.05) is 20.8 Å². The summed E-state index contributed by atoms with van der Waals surface area (Å²) < 4.78 is 14.6. The van der Waals surface area contributed by atoms with Gasteiger partial charge in [0.2, 0.25) is 5.91 Å². The molecule has 0 aliphatic heterocycles. The van der Waals surface area contributed by atoms with Gasteiger partial charge < -0.3 is 26.3 Å². The Morgan fingerprint density at radius 3 is 2.34 bits per heavy atom. The van der Waals surface area contributed by atoms with E-state index in [0.29, 0.717) is 23.6 Å². The van der Waals surface area contributed by atoms with Crippen molar-refractivity contribution in [3.63, 3.8) is 0 Å². The van der Waals surface area contributed by atoms with Crippen LogP contribution in [0.3, 0.4) is 0 Å². The molecule has 0 aliphatic carbocycles. The SMILES string of the molecule is CC[C@@H](C(=O)NC(C)(C)C)N(C(=O)c1snc(C(N)=O)c1N)c1ccc(OC)cc1OC.